The van der Waals surface area contributed by atoms with E-state index in [-0.39, 0.29) is 57.2 Å². The fraction of sp³-hybridized carbons (Fsp3) is 0.385. The van der Waals surface area contributed by atoms with Crippen LogP contribution in [-0.4, -0.2) is 89.0 Å². The molecule has 0 bridgehead atoms. The highest BCUT2D eigenvalue weighted by Gasteiger charge is 2.36. The molecular weight excluding hydrogens is 738 g/mol. The summed E-state index contributed by atoms with van der Waals surface area (Å²) in [6.07, 6.45) is 2.69. The average molecular weight is 780 g/mol. The number of amides is 2. The van der Waals surface area contributed by atoms with Gasteiger partial charge in [-0.2, -0.15) is 5.10 Å². The minimum atomic E-state index is -0.598. The lowest BCUT2D eigenvalue weighted by molar-refractivity contribution is -0.145. The molecule has 2 saturated heterocycles. The Hall–Kier alpha value is -4.53. The van der Waals surface area contributed by atoms with E-state index in [1.807, 2.05) is 9.58 Å². The molecule has 7 rings (SSSR count). The molecular formula is C39H41Cl2FN6O6. The molecule has 3 aromatic carbocycles. The molecule has 2 amide bonds. The number of methoxy groups -OCH3 is 2. The molecule has 0 aliphatic carbocycles. The van der Waals surface area contributed by atoms with E-state index in [1.165, 1.54) is 20.3 Å². The number of aromatic nitrogens is 2. The number of esters is 1. The highest BCUT2D eigenvalue weighted by Crippen LogP contribution is 2.41. The van der Waals surface area contributed by atoms with E-state index in [9.17, 15) is 19.5 Å². The Labute approximate surface area is 322 Å². The summed E-state index contributed by atoms with van der Waals surface area (Å²) < 4.78 is 27.6. The quantitative estimate of drug-likeness (QED) is 0.156. The molecule has 12 nitrogen and oxygen atoms in total. The summed E-state index contributed by atoms with van der Waals surface area (Å²) in [6.45, 7) is 3.37. The topological polar surface area (TPSA) is 138 Å². The molecule has 15 heteroatoms. The van der Waals surface area contributed by atoms with E-state index >= 15 is 4.39 Å². The van der Waals surface area contributed by atoms with Crippen molar-refractivity contribution >= 4 is 52.4 Å². The van der Waals surface area contributed by atoms with Crippen LogP contribution in [0.2, 0.25) is 10.0 Å². The number of rotatable bonds is 10. The van der Waals surface area contributed by atoms with Crippen LogP contribution in [-0.2, 0) is 22.6 Å². The van der Waals surface area contributed by atoms with Crippen molar-refractivity contribution in [3.05, 3.63) is 93.0 Å². The number of β-amino-alcohol motifs (C(OH)–C–C–N with tert-alkyl or cyclic N) is 1. The number of nitrogens with one attached hydrogen (secondary N) is 2. The minimum absolute atomic E-state index is 0.0388. The average Bonchev–Trinajstić information content (AvgIpc) is 3.94. The number of benzene rings is 3. The van der Waals surface area contributed by atoms with Crippen molar-refractivity contribution < 1.29 is 33.4 Å². The van der Waals surface area contributed by atoms with Gasteiger partial charge in [0.05, 0.1) is 59.4 Å². The predicted octanol–water partition coefficient (Wildman–Crippen LogP) is 6.41. The zero-order valence-corrected chi connectivity index (χ0v) is 31.4. The summed E-state index contributed by atoms with van der Waals surface area (Å²) >= 11 is 13.7. The maximum atomic E-state index is 15.3. The van der Waals surface area contributed by atoms with Gasteiger partial charge in [-0.3, -0.25) is 28.9 Å². The molecule has 1 aromatic heterocycles. The van der Waals surface area contributed by atoms with Gasteiger partial charge in [-0.1, -0.05) is 47.5 Å². The molecule has 4 aromatic rings. The second kappa shape index (κ2) is 16.1. The second-order valence-electron chi connectivity index (χ2n) is 13.9. The standard InChI is InChI=1S/C39H41Cl2FN6O6/c1-53-34-17-23(16-28(42)27(34)21-46-14-12-24(49)20-46)37(50)43-29-8-3-6-25(35(29)40)26-7-4-9-30(36(26)41)44-38(51)31-18-33-32(10-5-13-48(33)45-31)47-15-11-22(19-47)39(52)54-2/h3-4,6-9,16-18,22,24,32,49H,5,10-15,19-21H2,1-2H3,(H,43,50)(H,44,51)/t22-,24-,32?/m1/s1. The number of carbonyl (C=O) groups is 3. The van der Waals surface area contributed by atoms with Gasteiger partial charge >= 0.3 is 5.97 Å². The van der Waals surface area contributed by atoms with Crippen LogP contribution in [0, 0.1) is 11.7 Å². The molecule has 3 aliphatic heterocycles. The van der Waals surface area contributed by atoms with Gasteiger partial charge < -0.3 is 25.2 Å². The van der Waals surface area contributed by atoms with Gasteiger partial charge in [0.2, 0.25) is 0 Å². The molecule has 1 unspecified atom stereocenters. The maximum Gasteiger partial charge on any atom is 0.310 e. The SMILES string of the molecule is COC(=O)[C@@H]1CCN(C2CCCn3nc(C(=O)Nc4cccc(-c5cccc(NC(=O)c6cc(F)c(CN7CC[C@@H](O)C7)c(OC)c6)c5Cl)c4Cl)cc32)C1. The molecule has 4 heterocycles. The lowest BCUT2D eigenvalue weighted by Crippen LogP contribution is -2.32. The van der Waals surface area contributed by atoms with Gasteiger partial charge in [-0.25, -0.2) is 4.39 Å². The predicted molar refractivity (Wildman–Crippen MR) is 203 cm³/mol. The van der Waals surface area contributed by atoms with E-state index in [0.29, 0.717) is 55.0 Å². The van der Waals surface area contributed by atoms with E-state index < -0.39 is 23.7 Å². The Morgan fingerprint density at radius 3 is 2.26 bits per heavy atom. The first-order valence-corrected chi connectivity index (χ1v) is 18.7. The number of carbonyl (C=O) groups excluding carboxylic acids is 3. The number of nitrogens with zero attached hydrogens (tertiary/aromatic N) is 4. The van der Waals surface area contributed by atoms with Gasteiger partial charge in [0, 0.05) is 55.0 Å². The fourth-order valence-corrected chi connectivity index (χ4v) is 8.23. The third-order valence-corrected chi connectivity index (χ3v) is 11.3. The molecule has 0 spiro atoms. The molecule has 0 saturated carbocycles. The van der Waals surface area contributed by atoms with Crippen LogP contribution in [0.3, 0.4) is 0 Å². The van der Waals surface area contributed by atoms with E-state index in [1.54, 1.807) is 42.5 Å². The maximum absolute atomic E-state index is 15.3. The number of halogens is 3. The fourth-order valence-electron chi connectivity index (χ4n) is 7.68. The van der Waals surface area contributed by atoms with Crippen LogP contribution < -0.4 is 15.4 Å². The summed E-state index contributed by atoms with van der Waals surface area (Å²) in [7, 11) is 2.82. The van der Waals surface area contributed by atoms with Crippen LogP contribution in [0.4, 0.5) is 15.8 Å². The van der Waals surface area contributed by atoms with Gasteiger partial charge in [0.25, 0.3) is 11.8 Å². The summed E-state index contributed by atoms with van der Waals surface area (Å²) in [5, 5.41) is 20.6. The monoisotopic (exact) mass is 778 g/mol. The third-order valence-electron chi connectivity index (χ3n) is 10.5. The Bertz CT molecular complexity index is 2090. The van der Waals surface area contributed by atoms with Crippen molar-refractivity contribution in [3.8, 4) is 16.9 Å². The smallest absolute Gasteiger partial charge is 0.310 e. The zero-order chi connectivity index (χ0) is 38.1. The zero-order valence-electron chi connectivity index (χ0n) is 29.9. The normalized spacial score (nSPS) is 20.1. The number of aliphatic hydroxyl groups excluding tert-OH is 1. The van der Waals surface area contributed by atoms with Crippen LogP contribution in [0.25, 0.3) is 11.1 Å². The largest absolute Gasteiger partial charge is 0.496 e. The third kappa shape index (κ3) is 7.69. The van der Waals surface area contributed by atoms with Crippen molar-refractivity contribution in [1.82, 2.24) is 19.6 Å². The molecule has 54 heavy (non-hydrogen) atoms. The van der Waals surface area contributed by atoms with Crippen molar-refractivity contribution in [1.29, 1.82) is 0 Å². The summed E-state index contributed by atoms with van der Waals surface area (Å²) in [5.41, 5.74) is 3.16. The Morgan fingerprint density at radius 1 is 0.907 bits per heavy atom. The molecule has 3 atom stereocenters. The summed E-state index contributed by atoms with van der Waals surface area (Å²) in [4.78, 5) is 43.3. The van der Waals surface area contributed by atoms with Gasteiger partial charge in [-0.05, 0) is 62.6 Å². The van der Waals surface area contributed by atoms with E-state index in [0.717, 1.165) is 37.6 Å². The Morgan fingerprint density at radius 2 is 1.61 bits per heavy atom. The first-order valence-electron chi connectivity index (χ1n) is 17.9. The number of anilines is 2. The highest BCUT2D eigenvalue weighted by molar-refractivity contribution is 6.40. The number of aliphatic hydroxyl groups is 1. The molecule has 284 valence electrons. The van der Waals surface area contributed by atoms with Gasteiger partial charge in [-0.15, -0.1) is 0 Å². The van der Waals surface area contributed by atoms with Gasteiger partial charge in [0.15, 0.2) is 5.69 Å². The Kier molecular flexibility index (Phi) is 11.2. The summed E-state index contributed by atoms with van der Waals surface area (Å²) in [6, 6.07) is 14.7. The van der Waals surface area contributed by atoms with E-state index in [4.69, 9.17) is 32.7 Å². The first-order chi connectivity index (χ1) is 26.0. The highest BCUT2D eigenvalue weighted by atomic mass is 35.5. The van der Waals surface area contributed by atoms with Crippen LogP contribution in [0.1, 0.15) is 63.8 Å². The van der Waals surface area contributed by atoms with Crippen molar-refractivity contribution in [2.45, 2.75) is 50.9 Å². The molecule has 3 N–H and O–H groups in total. The number of fused-ring (bicyclic) bond motifs is 1. The van der Waals surface area contributed by atoms with Crippen LogP contribution in [0.15, 0.2) is 54.6 Å². The van der Waals surface area contributed by atoms with E-state index in [2.05, 4.69) is 20.6 Å². The number of hydrogen-bond acceptors (Lipinski definition) is 9. The van der Waals surface area contributed by atoms with Crippen LogP contribution >= 0.6 is 23.2 Å². The summed E-state index contributed by atoms with van der Waals surface area (Å²) in [5.74, 6) is -1.76. The van der Waals surface area contributed by atoms with Gasteiger partial charge in [0.1, 0.15) is 11.6 Å². The lowest BCUT2D eigenvalue weighted by atomic mass is 10.0. The van der Waals surface area contributed by atoms with Crippen molar-refractivity contribution in [2.75, 3.05) is 51.0 Å². The minimum Gasteiger partial charge on any atom is -0.496 e. The number of aryl methyl sites for hydroxylation is 1. The number of likely N-dealkylation sites (tertiary alicyclic amines) is 2. The lowest BCUT2D eigenvalue weighted by Gasteiger charge is -2.31. The molecule has 3 aliphatic rings. The first kappa shape index (κ1) is 37.8. The van der Waals surface area contributed by atoms with Crippen LogP contribution in [0.5, 0.6) is 5.75 Å². The Balaban J connectivity index is 1.06. The molecule has 0 radical (unpaired) electrons. The van der Waals surface area contributed by atoms with Crippen molar-refractivity contribution in [3.63, 3.8) is 0 Å². The number of hydrogen-bond donors (Lipinski definition) is 3. The second-order valence-corrected chi connectivity index (χ2v) is 14.7. The van der Waals surface area contributed by atoms with Crippen molar-refractivity contribution in [2.24, 2.45) is 5.92 Å². The molecule has 2 fully saturated rings. The number of ether oxygens (including phenoxy) is 2.